The largest absolute Gasteiger partial charge is 0.481 e. The highest BCUT2D eigenvalue weighted by atomic mass is 32.1. The van der Waals surface area contributed by atoms with Gasteiger partial charge in [-0.2, -0.15) is 9.97 Å². The number of aryl methyl sites for hydroxylation is 1. The Balaban J connectivity index is 2.05. The van der Waals surface area contributed by atoms with Gasteiger partial charge in [0.15, 0.2) is 0 Å². The Bertz CT molecular complexity index is 512. The molecule has 0 bridgehead atoms. The maximum atomic E-state index is 5.57. The third kappa shape index (κ3) is 3.07. The molecule has 6 heteroatoms. The van der Waals surface area contributed by atoms with Crippen LogP contribution in [0.2, 0.25) is 0 Å². The molecule has 0 saturated carbocycles. The van der Waals surface area contributed by atoms with E-state index in [1.165, 1.54) is 9.75 Å². The molecular formula is C11H14N4OS. The molecule has 2 heterocycles. The summed E-state index contributed by atoms with van der Waals surface area (Å²) >= 11 is 1.75. The van der Waals surface area contributed by atoms with Crippen LogP contribution in [0.4, 0.5) is 11.8 Å². The van der Waals surface area contributed by atoms with Gasteiger partial charge in [-0.25, -0.2) is 0 Å². The van der Waals surface area contributed by atoms with Crippen LogP contribution in [0.5, 0.6) is 5.88 Å². The molecule has 3 N–H and O–H groups in total. The van der Waals surface area contributed by atoms with Crippen molar-refractivity contribution >= 4 is 23.1 Å². The molecule has 0 aliphatic rings. The Morgan fingerprint density at radius 1 is 1.41 bits per heavy atom. The number of hydrogen-bond donors (Lipinski definition) is 2. The Morgan fingerprint density at radius 3 is 2.88 bits per heavy atom. The number of aromatic nitrogens is 2. The van der Waals surface area contributed by atoms with Gasteiger partial charge in [0.1, 0.15) is 5.82 Å². The molecule has 2 rings (SSSR count). The van der Waals surface area contributed by atoms with Crippen LogP contribution in [0, 0.1) is 6.92 Å². The third-order valence-electron chi connectivity index (χ3n) is 2.17. The van der Waals surface area contributed by atoms with Gasteiger partial charge in [-0.1, -0.05) is 0 Å². The van der Waals surface area contributed by atoms with Crippen LogP contribution in [0.3, 0.4) is 0 Å². The molecule has 0 unspecified atom stereocenters. The van der Waals surface area contributed by atoms with Crippen LogP contribution in [0.25, 0.3) is 0 Å². The van der Waals surface area contributed by atoms with E-state index in [0.29, 0.717) is 11.7 Å². The number of ether oxygens (including phenoxy) is 1. The monoisotopic (exact) mass is 250 g/mol. The van der Waals surface area contributed by atoms with Crippen molar-refractivity contribution in [2.75, 3.05) is 18.2 Å². The Hall–Kier alpha value is -1.82. The number of nitrogens with two attached hydrogens (primary N) is 1. The molecule has 0 aromatic carbocycles. The number of rotatable bonds is 4. The first kappa shape index (κ1) is 11.7. The number of methoxy groups -OCH3 is 1. The van der Waals surface area contributed by atoms with Crippen molar-refractivity contribution in [2.24, 2.45) is 0 Å². The van der Waals surface area contributed by atoms with Crippen molar-refractivity contribution in [1.82, 2.24) is 9.97 Å². The minimum Gasteiger partial charge on any atom is -0.481 e. The van der Waals surface area contributed by atoms with Crippen LogP contribution in [-0.2, 0) is 6.54 Å². The van der Waals surface area contributed by atoms with Gasteiger partial charge < -0.3 is 15.8 Å². The molecule has 0 saturated heterocycles. The van der Waals surface area contributed by atoms with Gasteiger partial charge in [0, 0.05) is 15.8 Å². The zero-order valence-electron chi connectivity index (χ0n) is 9.73. The molecule has 2 aromatic rings. The maximum Gasteiger partial charge on any atom is 0.225 e. The molecule has 0 aliphatic heterocycles. The third-order valence-corrected chi connectivity index (χ3v) is 3.17. The van der Waals surface area contributed by atoms with Crippen molar-refractivity contribution in [3.8, 4) is 5.88 Å². The van der Waals surface area contributed by atoms with E-state index < -0.39 is 0 Å². The molecule has 0 spiro atoms. The Kier molecular flexibility index (Phi) is 3.43. The van der Waals surface area contributed by atoms with Gasteiger partial charge in [-0.3, -0.25) is 0 Å². The topological polar surface area (TPSA) is 73.1 Å². The van der Waals surface area contributed by atoms with Crippen molar-refractivity contribution in [3.63, 3.8) is 0 Å². The number of nitrogens with one attached hydrogen (secondary N) is 1. The fraction of sp³-hybridized carbons (Fsp3) is 0.273. The molecule has 2 aromatic heterocycles. The van der Waals surface area contributed by atoms with E-state index in [9.17, 15) is 0 Å². The van der Waals surface area contributed by atoms with E-state index >= 15 is 0 Å². The van der Waals surface area contributed by atoms with Crippen LogP contribution in [-0.4, -0.2) is 17.1 Å². The number of thiophene rings is 1. The normalized spacial score (nSPS) is 10.2. The summed E-state index contributed by atoms with van der Waals surface area (Å²) in [4.78, 5) is 10.5. The van der Waals surface area contributed by atoms with E-state index in [2.05, 4.69) is 34.3 Å². The Morgan fingerprint density at radius 2 is 2.24 bits per heavy atom. The summed E-state index contributed by atoms with van der Waals surface area (Å²) in [6, 6.07) is 5.90. The fourth-order valence-corrected chi connectivity index (χ4v) is 2.23. The first-order valence-corrected chi connectivity index (χ1v) is 5.97. The van der Waals surface area contributed by atoms with Crippen molar-refractivity contribution in [2.45, 2.75) is 13.5 Å². The summed E-state index contributed by atoms with van der Waals surface area (Å²) in [7, 11) is 1.55. The summed E-state index contributed by atoms with van der Waals surface area (Å²) in [5, 5.41) is 3.19. The van der Waals surface area contributed by atoms with Crippen LogP contribution in [0.15, 0.2) is 18.2 Å². The number of nitrogens with zero attached hydrogens (tertiary/aromatic N) is 2. The standard InChI is InChI=1S/C11H14N4OS/c1-7-3-4-8(17-7)6-13-9-5-10(16-2)15-11(12)14-9/h3-5H,6H2,1-2H3,(H3,12,13,14,15). The first-order valence-electron chi connectivity index (χ1n) is 5.15. The van der Waals surface area contributed by atoms with Gasteiger partial charge in [-0.05, 0) is 19.1 Å². The SMILES string of the molecule is COc1cc(NCc2ccc(C)s2)nc(N)n1. The maximum absolute atomic E-state index is 5.57. The lowest BCUT2D eigenvalue weighted by molar-refractivity contribution is 0.398. The second kappa shape index (κ2) is 5.01. The van der Waals surface area contributed by atoms with Crippen LogP contribution in [0.1, 0.15) is 9.75 Å². The molecular weight excluding hydrogens is 236 g/mol. The van der Waals surface area contributed by atoms with Gasteiger partial charge in [0.05, 0.1) is 13.7 Å². The highest BCUT2D eigenvalue weighted by Gasteiger charge is 2.03. The first-order chi connectivity index (χ1) is 8.17. The minimum absolute atomic E-state index is 0.203. The molecule has 0 radical (unpaired) electrons. The summed E-state index contributed by atoms with van der Waals surface area (Å²) in [6.07, 6.45) is 0. The molecule has 90 valence electrons. The molecule has 0 aliphatic carbocycles. The number of nitrogen functional groups attached to an aromatic ring is 1. The predicted octanol–water partition coefficient (Wildman–Crippen LogP) is 2.05. The minimum atomic E-state index is 0.203. The van der Waals surface area contributed by atoms with E-state index in [-0.39, 0.29) is 5.95 Å². The lowest BCUT2D eigenvalue weighted by Crippen LogP contribution is -2.04. The van der Waals surface area contributed by atoms with Crippen LogP contribution >= 0.6 is 11.3 Å². The fourth-order valence-electron chi connectivity index (χ4n) is 1.40. The molecule has 17 heavy (non-hydrogen) atoms. The van der Waals surface area contributed by atoms with Gasteiger partial charge in [0.25, 0.3) is 0 Å². The molecule has 0 amide bonds. The number of hydrogen-bond acceptors (Lipinski definition) is 6. The highest BCUT2D eigenvalue weighted by molar-refractivity contribution is 7.11. The van der Waals surface area contributed by atoms with Gasteiger partial charge >= 0.3 is 0 Å². The van der Waals surface area contributed by atoms with Gasteiger partial charge in [-0.15, -0.1) is 11.3 Å². The van der Waals surface area contributed by atoms with E-state index in [1.807, 2.05) is 0 Å². The quantitative estimate of drug-likeness (QED) is 0.868. The summed E-state index contributed by atoms with van der Waals surface area (Å²) < 4.78 is 5.02. The highest BCUT2D eigenvalue weighted by Crippen LogP contribution is 2.18. The van der Waals surface area contributed by atoms with E-state index in [4.69, 9.17) is 10.5 Å². The lowest BCUT2D eigenvalue weighted by atomic mass is 10.4. The Labute approximate surface area is 104 Å². The van der Waals surface area contributed by atoms with E-state index in [1.54, 1.807) is 24.5 Å². The second-order valence-corrected chi connectivity index (χ2v) is 4.89. The van der Waals surface area contributed by atoms with Crippen molar-refractivity contribution < 1.29 is 4.74 Å². The summed E-state index contributed by atoms with van der Waals surface area (Å²) in [6.45, 7) is 2.80. The average molecular weight is 250 g/mol. The van der Waals surface area contributed by atoms with Crippen molar-refractivity contribution in [3.05, 3.63) is 28.0 Å². The smallest absolute Gasteiger partial charge is 0.225 e. The summed E-state index contributed by atoms with van der Waals surface area (Å²) in [5.41, 5.74) is 5.57. The van der Waals surface area contributed by atoms with E-state index in [0.717, 1.165) is 6.54 Å². The lowest BCUT2D eigenvalue weighted by Gasteiger charge is -2.06. The van der Waals surface area contributed by atoms with Crippen LogP contribution < -0.4 is 15.8 Å². The zero-order chi connectivity index (χ0) is 12.3. The second-order valence-electron chi connectivity index (χ2n) is 3.52. The molecule has 0 atom stereocenters. The average Bonchev–Trinajstić information content (AvgIpc) is 2.72. The van der Waals surface area contributed by atoms with Crippen molar-refractivity contribution in [1.29, 1.82) is 0 Å². The zero-order valence-corrected chi connectivity index (χ0v) is 10.5. The number of anilines is 2. The van der Waals surface area contributed by atoms with Gasteiger partial charge in [0.2, 0.25) is 11.8 Å². The molecule has 5 nitrogen and oxygen atoms in total. The summed E-state index contributed by atoms with van der Waals surface area (Å²) in [5.74, 6) is 1.33. The molecule has 0 fully saturated rings. The predicted molar refractivity (Wildman–Crippen MR) is 69.4 cm³/mol.